The summed E-state index contributed by atoms with van der Waals surface area (Å²) in [5.74, 6) is 0. The zero-order valence-corrected chi connectivity index (χ0v) is 15.5. The van der Waals surface area contributed by atoms with Crippen LogP contribution in [0.1, 0.15) is 104 Å². The predicted octanol–water partition coefficient (Wildman–Crippen LogP) is 5.93. The van der Waals surface area contributed by atoms with Gasteiger partial charge in [-0.15, -0.1) is 0 Å². The van der Waals surface area contributed by atoms with Crippen LogP contribution < -0.4 is 0 Å². The van der Waals surface area contributed by atoms with Gasteiger partial charge < -0.3 is 9.16 Å². The molecule has 0 saturated heterocycles. The number of ether oxygens (including phenoxy) is 1. The molecule has 0 saturated carbocycles. The van der Waals surface area contributed by atoms with Gasteiger partial charge in [-0.3, -0.25) is 0 Å². The van der Waals surface area contributed by atoms with Crippen molar-refractivity contribution >= 4 is 10.5 Å². The second kappa shape index (κ2) is 18.2. The van der Waals surface area contributed by atoms with Crippen molar-refractivity contribution in [2.45, 2.75) is 110 Å². The minimum absolute atomic E-state index is 0.136. The Balaban J connectivity index is 2.96. The minimum atomic E-state index is -0.136. The first kappa shape index (κ1) is 21.1. The van der Waals surface area contributed by atoms with Crippen molar-refractivity contribution in [3.8, 4) is 0 Å². The molecule has 0 aromatic heterocycles. The highest BCUT2D eigenvalue weighted by atomic mass is 28.2. The molecule has 0 aromatic rings. The first-order valence-electron chi connectivity index (χ1n) is 9.25. The summed E-state index contributed by atoms with van der Waals surface area (Å²) in [6.45, 7) is 4.99. The fourth-order valence-electron chi connectivity index (χ4n) is 2.58. The van der Waals surface area contributed by atoms with Gasteiger partial charge in [0.2, 0.25) is 10.5 Å². The van der Waals surface area contributed by atoms with E-state index in [1.807, 2.05) is 6.92 Å². The topological polar surface area (TPSA) is 18.5 Å². The highest BCUT2D eigenvalue weighted by molar-refractivity contribution is 5.98. The van der Waals surface area contributed by atoms with Gasteiger partial charge in [0.15, 0.2) is 0 Å². The third kappa shape index (κ3) is 18.1. The lowest BCUT2D eigenvalue weighted by Gasteiger charge is -2.10. The van der Waals surface area contributed by atoms with E-state index in [2.05, 4.69) is 17.4 Å². The van der Waals surface area contributed by atoms with Gasteiger partial charge in [-0.05, 0) is 13.3 Å². The normalized spacial score (nSPS) is 12.7. The van der Waals surface area contributed by atoms with Crippen LogP contribution in [0.5, 0.6) is 0 Å². The van der Waals surface area contributed by atoms with Crippen LogP contribution in [0.3, 0.4) is 0 Å². The van der Waals surface area contributed by atoms with Gasteiger partial charge in [-0.1, -0.05) is 90.4 Å². The summed E-state index contributed by atoms with van der Waals surface area (Å²) in [5, 5.41) is 0. The largest absolute Gasteiger partial charge is 0.394 e. The van der Waals surface area contributed by atoms with E-state index in [4.69, 9.17) is 9.16 Å². The molecule has 0 fully saturated rings. The Morgan fingerprint density at radius 1 is 0.667 bits per heavy atom. The number of hydrogen-bond acceptors (Lipinski definition) is 2. The summed E-state index contributed by atoms with van der Waals surface area (Å²) < 4.78 is 10.3. The quantitative estimate of drug-likeness (QED) is 0.188. The molecule has 1 atom stereocenters. The molecule has 21 heavy (non-hydrogen) atoms. The summed E-state index contributed by atoms with van der Waals surface area (Å²) in [5.41, 5.74) is 0. The molecule has 0 N–H and O–H groups in total. The van der Waals surface area contributed by atoms with Crippen molar-refractivity contribution in [2.75, 3.05) is 6.61 Å². The highest BCUT2D eigenvalue weighted by Gasteiger charge is 1.98. The van der Waals surface area contributed by atoms with Crippen molar-refractivity contribution in [1.29, 1.82) is 0 Å². The molecule has 1 unspecified atom stereocenters. The fourth-order valence-corrected chi connectivity index (χ4v) is 2.65. The Morgan fingerprint density at radius 3 is 1.43 bits per heavy atom. The first-order valence-corrected chi connectivity index (χ1v) is 9.66. The molecule has 0 spiro atoms. The molecule has 0 aromatic carbocycles. The first-order chi connectivity index (χ1) is 10.3. The lowest BCUT2D eigenvalue weighted by atomic mass is 10.0. The van der Waals surface area contributed by atoms with E-state index in [0.29, 0.717) is 0 Å². The number of rotatable bonds is 17. The van der Waals surface area contributed by atoms with Crippen LogP contribution in [0.2, 0.25) is 0 Å². The molecule has 0 bridgehead atoms. The molecule has 0 aliphatic rings. The number of unbranched alkanes of at least 4 members (excludes halogenated alkanes) is 13. The Morgan fingerprint density at radius 2 is 1.05 bits per heavy atom. The van der Waals surface area contributed by atoms with Crippen molar-refractivity contribution < 1.29 is 9.16 Å². The van der Waals surface area contributed by atoms with Gasteiger partial charge in [0.25, 0.3) is 0 Å². The fraction of sp³-hybridized carbons (Fsp3) is 1.00. The van der Waals surface area contributed by atoms with Crippen molar-refractivity contribution in [2.24, 2.45) is 0 Å². The second-order valence-electron chi connectivity index (χ2n) is 6.15. The summed E-state index contributed by atoms with van der Waals surface area (Å²) in [7, 11) is 2.98. The molecule has 0 heterocycles. The molecule has 3 radical (unpaired) electrons. The molecule has 0 aliphatic carbocycles. The molecule has 3 heteroatoms. The average molecular weight is 314 g/mol. The van der Waals surface area contributed by atoms with Crippen LogP contribution in [0, 0.1) is 0 Å². The molecule has 2 nitrogen and oxygen atoms in total. The Kier molecular flexibility index (Phi) is 18.3. The Bertz CT molecular complexity index is 188. The van der Waals surface area contributed by atoms with E-state index in [1.54, 1.807) is 0 Å². The van der Waals surface area contributed by atoms with Gasteiger partial charge in [0.05, 0.1) is 0 Å². The zero-order valence-electron chi connectivity index (χ0n) is 14.5. The van der Waals surface area contributed by atoms with Crippen molar-refractivity contribution in [3.05, 3.63) is 0 Å². The lowest BCUT2D eigenvalue weighted by molar-refractivity contribution is -0.0639. The zero-order chi connectivity index (χ0) is 15.6. The standard InChI is InChI=1S/C18H37O2Si/c1-3-4-5-6-7-8-9-10-11-12-13-14-15-16-17-19-18(2)20-21/h18H,3-17H2,1-2H3. The van der Waals surface area contributed by atoms with Gasteiger partial charge >= 0.3 is 0 Å². The van der Waals surface area contributed by atoms with E-state index >= 15 is 0 Å². The molecule has 0 rings (SSSR count). The van der Waals surface area contributed by atoms with Crippen molar-refractivity contribution in [1.82, 2.24) is 0 Å². The molecular formula is C18H37O2Si. The second-order valence-corrected chi connectivity index (χ2v) is 6.39. The van der Waals surface area contributed by atoms with Crippen molar-refractivity contribution in [3.63, 3.8) is 0 Å². The third-order valence-corrected chi connectivity index (χ3v) is 4.35. The predicted molar refractivity (Wildman–Crippen MR) is 92.6 cm³/mol. The monoisotopic (exact) mass is 313 g/mol. The molecule has 0 amide bonds. The van der Waals surface area contributed by atoms with E-state index in [9.17, 15) is 0 Å². The van der Waals surface area contributed by atoms with Crippen LogP contribution in [0.15, 0.2) is 0 Å². The minimum Gasteiger partial charge on any atom is -0.394 e. The maximum absolute atomic E-state index is 5.43. The van der Waals surface area contributed by atoms with Gasteiger partial charge in [0, 0.05) is 6.61 Å². The maximum Gasteiger partial charge on any atom is 0.249 e. The van der Waals surface area contributed by atoms with Crippen LogP contribution in [-0.4, -0.2) is 23.4 Å². The Labute approximate surface area is 136 Å². The van der Waals surface area contributed by atoms with Crippen LogP contribution in [-0.2, 0) is 9.16 Å². The van der Waals surface area contributed by atoms with Gasteiger partial charge in [0.1, 0.15) is 6.29 Å². The number of hydrogen-bond donors (Lipinski definition) is 0. The molecule has 125 valence electrons. The van der Waals surface area contributed by atoms with E-state index in [1.165, 1.54) is 83.5 Å². The van der Waals surface area contributed by atoms with E-state index < -0.39 is 0 Å². The average Bonchev–Trinajstić information content (AvgIpc) is 2.50. The third-order valence-electron chi connectivity index (χ3n) is 4.02. The molecular weight excluding hydrogens is 276 g/mol. The SMILES string of the molecule is CCCCCCCCCCCCCCCCOC(C)O[Si]. The molecule has 0 aliphatic heterocycles. The smallest absolute Gasteiger partial charge is 0.249 e. The summed E-state index contributed by atoms with van der Waals surface area (Å²) in [6, 6.07) is 0. The van der Waals surface area contributed by atoms with Gasteiger partial charge in [-0.25, -0.2) is 0 Å². The Hall–Kier alpha value is 0.137. The van der Waals surface area contributed by atoms with Crippen LogP contribution in [0.4, 0.5) is 0 Å². The van der Waals surface area contributed by atoms with Crippen LogP contribution in [0.25, 0.3) is 0 Å². The lowest BCUT2D eigenvalue weighted by Crippen LogP contribution is -2.11. The summed E-state index contributed by atoms with van der Waals surface area (Å²) >= 11 is 0. The van der Waals surface area contributed by atoms with E-state index in [-0.39, 0.29) is 6.29 Å². The summed E-state index contributed by atoms with van der Waals surface area (Å²) in [6.07, 6.45) is 19.4. The maximum atomic E-state index is 5.43. The summed E-state index contributed by atoms with van der Waals surface area (Å²) in [4.78, 5) is 0. The van der Waals surface area contributed by atoms with Gasteiger partial charge in [-0.2, -0.15) is 0 Å². The van der Waals surface area contributed by atoms with E-state index in [0.717, 1.165) is 13.0 Å². The van der Waals surface area contributed by atoms with Crippen LogP contribution >= 0.6 is 0 Å². The highest BCUT2D eigenvalue weighted by Crippen LogP contribution is 2.13.